The van der Waals surface area contributed by atoms with Gasteiger partial charge in [-0.25, -0.2) is 4.98 Å². The van der Waals surface area contributed by atoms with E-state index in [1.807, 2.05) is 0 Å². The number of H-pyrrole nitrogens is 1. The number of nitrogens with one attached hydrogen (secondary N) is 1. The molecule has 2 aliphatic carbocycles. The molecule has 0 aliphatic heterocycles. The number of rotatable bonds is 4. The number of aromatic nitrogens is 3. The third-order valence-electron chi connectivity index (χ3n) is 3.53. The van der Waals surface area contributed by atoms with Gasteiger partial charge in [0.25, 0.3) is 0 Å². The highest BCUT2D eigenvalue weighted by molar-refractivity contribution is 7.99. The number of aliphatic carboxylic acids is 1. The molecule has 2 unspecified atom stereocenters. The van der Waals surface area contributed by atoms with E-state index in [1.165, 1.54) is 31.0 Å². The Kier molecular flexibility index (Phi) is 2.38. The number of nitrogens with zero attached hydrogens (tertiary/aromatic N) is 2. The lowest BCUT2D eigenvalue weighted by Gasteiger charge is -1.96. The molecule has 2 fully saturated rings. The summed E-state index contributed by atoms with van der Waals surface area (Å²) in [7, 11) is 0. The molecule has 0 bridgehead atoms. The second kappa shape index (κ2) is 3.76. The van der Waals surface area contributed by atoms with Crippen LogP contribution in [0.2, 0.25) is 0 Å². The Morgan fingerprint density at radius 2 is 2.25 bits per heavy atom. The van der Waals surface area contributed by atoms with E-state index in [4.69, 9.17) is 5.11 Å². The number of aromatic amines is 1. The zero-order valence-electron chi connectivity index (χ0n) is 8.72. The molecule has 6 heteroatoms. The number of fused-ring (bicyclic) bond motifs is 1. The summed E-state index contributed by atoms with van der Waals surface area (Å²) in [6.07, 6.45) is 3.97. The smallest absolute Gasteiger partial charge is 0.313 e. The van der Waals surface area contributed by atoms with Crippen molar-refractivity contribution < 1.29 is 9.90 Å². The monoisotopic (exact) mass is 239 g/mol. The molecule has 1 heterocycles. The van der Waals surface area contributed by atoms with Gasteiger partial charge >= 0.3 is 5.97 Å². The zero-order valence-corrected chi connectivity index (χ0v) is 9.54. The third-order valence-corrected chi connectivity index (χ3v) is 4.36. The van der Waals surface area contributed by atoms with Crippen molar-refractivity contribution in [3.63, 3.8) is 0 Å². The zero-order chi connectivity index (χ0) is 11.1. The van der Waals surface area contributed by atoms with Gasteiger partial charge in [-0.3, -0.25) is 9.89 Å². The highest BCUT2D eigenvalue weighted by Gasteiger charge is 2.54. The van der Waals surface area contributed by atoms with Crippen LogP contribution >= 0.6 is 11.8 Å². The maximum absolute atomic E-state index is 10.4. The quantitative estimate of drug-likeness (QED) is 0.778. The van der Waals surface area contributed by atoms with Crippen LogP contribution in [-0.4, -0.2) is 32.0 Å². The van der Waals surface area contributed by atoms with Crippen molar-refractivity contribution in [2.75, 3.05) is 5.75 Å². The first kappa shape index (κ1) is 10.1. The second-order valence-electron chi connectivity index (χ2n) is 4.47. The highest BCUT2D eigenvalue weighted by Crippen LogP contribution is 2.62. The largest absolute Gasteiger partial charge is 0.481 e. The molecule has 1 aromatic rings. The van der Waals surface area contributed by atoms with Gasteiger partial charge in [-0.05, 0) is 24.7 Å². The maximum atomic E-state index is 10.4. The van der Waals surface area contributed by atoms with Crippen LogP contribution in [0, 0.1) is 11.8 Å². The summed E-state index contributed by atoms with van der Waals surface area (Å²) in [6.45, 7) is 0. The Bertz CT molecular complexity index is 410. The average Bonchev–Trinajstić information content (AvgIpc) is 2.73. The summed E-state index contributed by atoms with van der Waals surface area (Å²) in [5.74, 6) is 2.34. The van der Waals surface area contributed by atoms with Crippen molar-refractivity contribution >= 4 is 17.7 Å². The molecule has 2 atom stereocenters. The van der Waals surface area contributed by atoms with Gasteiger partial charge in [0.15, 0.2) is 0 Å². The SMILES string of the molecule is O=C(O)CSc1n[nH]c(C2C3CCCC32)n1. The molecule has 3 rings (SSSR count). The Morgan fingerprint density at radius 1 is 1.50 bits per heavy atom. The first-order valence-electron chi connectivity index (χ1n) is 5.52. The molecule has 86 valence electrons. The van der Waals surface area contributed by atoms with Crippen LogP contribution in [0.15, 0.2) is 5.16 Å². The van der Waals surface area contributed by atoms with Crippen molar-refractivity contribution in [3.05, 3.63) is 5.82 Å². The summed E-state index contributed by atoms with van der Waals surface area (Å²) in [4.78, 5) is 14.8. The first-order chi connectivity index (χ1) is 7.75. The van der Waals surface area contributed by atoms with E-state index in [1.54, 1.807) is 0 Å². The van der Waals surface area contributed by atoms with Gasteiger partial charge in [-0.15, -0.1) is 5.10 Å². The van der Waals surface area contributed by atoms with Gasteiger partial charge in [-0.2, -0.15) is 0 Å². The van der Waals surface area contributed by atoms with Gasteiger partial charge in [0, 0.05) is 5.92 Å². The summed E-state index contributed by atoms with van der Waals surface area (Å²) in [6, 6.07) is 0. The van der Waals surface area contributed by atoms with Gasteiger partial charge in [-0.1, -0.05) is 18.2 Å². The van der Waals surface area contributed by atoms with E-state index in [0.717, 1.165) is 17.7 Å². The van der Waals surface area contributed by atoms with Crippen molar-refractivity contribution in [2.45, 2.75) is 30.3 Å². The Hall–Kier alpha value is -1.04. The Balaban J connectivity index is 1.63. The molecule has 0 saturated heterocycles. The molecule has 2 aliphatic rings. The minimum absolute atomic E-state index is 0.0226. The highest BCUT2D eigenvalue weighted by atomic mass is 32.2. The van der Waals surface area contributed by atoms with E-state index < -0.39 is 5.97 Å². The molecule has 0 amide bonds. The van der Waals surface area contributed by atoms with Crippen molar-refractivity contribution in [3.8, 4) is 0 Å². The topological polar surface area (TPSA) is 78.9 Å². The molecule has 16 heavy (non-hydrogen) atoms. The third kappa shape index (κ3) is 1.71. The van der Waals surface area contributed by atoms with Crippen LogP contribution in [0.1, 0.15) is 31.0 Å². The lowest BCUT2D eigenvalue weighted by molar-refractivity contribution is -0.133. The molecule has 0 radical (unpaired) electrons. The lowest BCUT2D eigenvalue weighted by Crippen LogP contribution is -1.97. The predicted molar refractivity (Wildman–Crippen MR) is 58.3 cm³/mol. The standard InChI is InChI=1S/C10H13N3O2S/c14-7(15)4-16-10-11-9(12-13-10)8-5-2-1-3-6(5)8/h5-6,8H,1-4H2,(H,14,15)(H,11,12,13). The maximum Gasteiger partial charge on any atom is 0.313 e. The van der Waals surface area contributed by atoms with Crippen LogP contribution in [0.3, 0.4) is 0 Å². The van der Waals surface area contributed by atoms with Crippen molar-refractivity contribution in [1.29, 1.82) is 0 Å². The number of carbonyl (C=O) groups is 1. The normalized spacial score (nSPS) is 31.4. The molecule has 0 aromatic carbocycles. The van der Waals surface area contributed by atoms with Gasteiger partial charge in [0.2, 0.25) is 5.16 Å². The number of carboxylic acid groups (broad SMARTS) is 1. The van der Waals surface area contributed by atoms with E-state index in [0.29, 0.717) is 11.1 Å². The minimum atomic E-state index is -0.834. The lowest BCUT2D eigenvalue weighted by atomic mass is 10.1. The van der Waals surface area contributed by atoms with E-state index >= 15 is 0 Å². The molecule has 0 spiro atoms. The van der Waals surface area contributed by atoms with Crippen LogP contribution < -0.4 is 0 Å². The fourth-order valence-corrected chi connectivity index (χ4v) is 3.35. The second-order valence-corrected chi connectivity index (χ2v) is 5.41. The first-order valence-corrected chi connectivity index (χ1v) is 6.51. The van der Waals surface area contributed by atoms with Gasteiger partial charge < -0.3 is 5.11 Å². The molecule has 2 saturated carbocycles. The fraction of sp³-hybridized carbons (Fsp3) is 0.700. The summed E-state index contributed by atoms with van der Waals surface area (Å²) >= 11 is 1.17. The molecular weight excluding hydrogens is 226 g/mol. The van der Waals surface area contributed by atoms with Gasteiger partial charge in [0.05, 0.1) is 5.75 Å². The number of carboxylic acids is 1. The van der Waals surface area contributed by atoms with Crippen molar-refractivity contribution in [1.82, 2.24) is 15.2 Å². The molecule has 5 nitrogen and oxygen atoms in total. The van der Waals surface area contributed by atoms with Crippen LogP contribution in [0.4, 0.5) is 0 Å². The van der Waals surface area contributed by atoms with E-state index in [-0.39, 0.29) is 5.75 Å². The van der Waals surface area contributed by atoms with E-state index in [9.17, 15) is 4.79 Å². The van der Waals surface area contributed by atoms with Gasteiger partial charge in [0.1, 0.15) is 5.82 Å². The summed E-state index contributed by atoms with van der Waals surface area (Å²) in [5, 5.41) is 16.1. The van der Waals surface area contributed by atoms with Crippen LogP contribution in [0.25, 0.3) is 0 Å². The Morgan fingerprint density at radius 3 is 2.94 bits per heavy atom. The van der Waals surface area contributed by atoms with Crippen molar-refractivity contribution in [2.24, 2.45) is 11.8 Å². The Labute approximate surface area is 97.0 Å². The van der Waals surface area contributed by atoms with Crippen LogP contribution in [-0.2, 0) is 4.79 Å². The summed E-state index contributed by atoms with van der Waals surface area (Å²) in [5.41, 5.74) is 0. The van der Waals surface area contributed by atoms with E-state index in [2.05, 4.69) is 15.2 Å². The minimum Gasteiger partial charge on any atom is -0.481 e. The summed E-state index contributed by atoms with van der Waals surface area (Å²) < 4.78 is 0. The number of hydrogen-bond donors (Lipinski definition) is 2. The molecule has 1 aromatic heterocycles. The fourth-order valence-electron chi connectivity index (χ4n) is 2.83. The number of thioether (sulfide) groups is 1. The molecule has 2 N–H and O–H groups in total. The van der Waals surface area contributed by atoms with Crippen LogP contribution in [0.5, 0.6) is 0 Å². The average molecular weight is 239 g/mol. The predicted octanol–water partition coefficient (Wildman–Crippen LogP) is 1.49. The number of hydrogen-bond acceptors (Lipinski definition) is 4. The molecular formula is C10H13N3O2S.